The summed E-state index contributed by atoms with van der Waals surface area (Å²) in [5.41, 5.74) is 1.85. The molecule has 140 valence electrons. The summed E-state index contributed by atoms with van der Waals surface area (Å²) in [6, 6.07) is 11.9. The fourth-order valence-electron chi connectivity index (χ4n) is 2.36. The summed E-state index contributed by atoms with van der Waals surface area (Å²) >= 11 is 0. The van der Waals surface area contributed by atoms with Crippen molar-refractivity contribution in [1.29, 1.82) is 0 Å². The quantitative estimate of drug-likeness (QED) is 0.644. The van der Waals surface area contributed by atoms with Crippen molar-refractivity contribution in [1.82, 2.24) is 15.2 Å². The fraction of sp³-hybridized carbons (Fsp3) is 0.167. The van der Waals surface area contributed by atoms with Crippen molar-refractivity contribution in [3.63, 3.8) is 0 Å². The third-order valence-electron chi connectivity index (χ3n) is 3.74. The van der Waals surface area contributed by atoms with Crippen LogP contribution >= 0.6 is 0 Å². The van der Waals surface area contributed by atoms with Gasteiger partial charge in [0, 0.05) is 18.9 Å². The van der Waals surface area contributed by atoms with Crippen LogP contribution in [0.3, 0.4) is 0 Å². The highest BCUT2D eigenvalue weighted by molar-refractivity contribution is 7.92. The monoisotopic (exact) mass is 385 g/mol. The van der Waals surface area contributed by atoms with Gasteiger partial charge >= 0.3 is 0 Å². The van der Waals surface area contributed by atoms with Gasteiger partial charge in [-0.15, -0.1) is 10.2 Å². The number of nitrogens with zero attached hydrogens (tertiary/aromatic N) is 3. The number of methoxy groups -OCH3 is 1. The van der Waals surface area contributed by atoms with Crippen LogP contribution in [0.1, 0.15) is 11.1 Å². The lowest BCUT2D eigenvalue weighted by Crippen LogP contribution is -2.15. The number of rotatable bonds is 7. The van der Waals surface area contributed by atoms with E-state index in [1.165, 1.54) is 7.11 Å². The third-order valence-corrected chi connectivity index (χ3v) is 5.11. The molecule has 0 spiro atoms. The zero-order chi connectivity index (χ0) is 19.3. The van der Waals surface area contributed by atoms with Gasteiger partial charge < -0.3 is 10.1 Å². The molecule has 1 aromatic carbocycles. The van der Waals surface area contributed by atoms with Gasteiger partial charge in [-0.1, -0.05) is 6.07 Å². The molecule has 0 fully saturated rings. The molecule has 0 aliphatic carbocycles. The van der Waals surface area contributed by atoms with Crippen LogP contribution in [0.4, 0.5) is 11.6 Å². The summed E-state index contributed by atoms with van der Waals surface area (Å²) in [4.78, 5) is 4.01. The molecule has 0 bridgehead atoms. The highest BCUT2D eigenvalue weighted by Gasteiger charge is 2.20. The Hall–Kier alpha value is -3.20. The maximum Gasteiger partial charge on any atom is 0.266 e. The van der Waals surface area contributed by atoms with E-state index in [2.05, 4.69) is 25.2 Å². The van der Waals surface area contributed by atoms with E-state index in [0.29, 0.717) is 12.4 Å². The molecule has 8 nitrogen and oxygen atoms in total. The third kappa shape index (κ3) is 4.70. The Kier molecular flexibility index (Phi) is 5.51. The van der Waals surface area contributed by atoms with Gasteiger partial charge in [0.05, 0.1) is 7.11 Å². The molecule has 0 amide bonds. The van der Waals surface area contributed by atoms with Gasteiger partial charge in [0.1, 0.15) is 16.5 Å². The first-order valence-electron chi connectivity index (χ1n) is 8.12. The van der Waals surface area contributed by atoms with Gasteiger partial charge in [-0.05, 0) is 54.4 Å². The zero-order valence-electron chi connectivity index (χ0n) is 14.9. The van der Waals surface area contributed by atoms with Crippen molar-refractivity contribution in [3.8, 4) is 5.75 Å². The Bertz CT molecular complexity index is 1010. The van der Waals surface area contributed by atoms with E-state index in [4.69, 9.17) is 4.74 Å². The van der Waals surface area contributed by atoms with Crippen molar-refractivity contribution >= 4 is 21.7 Å². The first-order valence-corrected chi connectivity index (χ1v) is 9.60. The largest absolute Gasteiger partial charge is 0.495 e. The van der Waals surface area contributed by atoms with Crippen LogP contribution in [0.25, 0.3) is 0 Å². The highest BCUT2D eigenvalue weighted by Crippen LogP contribution is 2.26. The number of nitrogens with one attached hydrogen (secondary N) is 2. The topological polar surface area (TPSA) is 106 Å². The lowest BCUT2D eigenvalue weighted by molar-refractivity contribution is 0.402. The van der Waals surface area contributed by atoms with Gasteiger partial charge in [0.15, 0.2) is 5.82 Å². The van der Waals surface area contributed by atoms with E-state index < -0.39 is 10.0 Å². The second-order valence-electron chi connectivity index (χ2n) is 5.77. The summed E-state index contributed by atoms with van der Waals surface area (Å²) in [7, 11) is -2.43. The van der Waals surface area contributed by atoms with Crippen molar-refractivity contribution in [3.05, 3.63) is 66.0 Å². The Balaban J connectivity index is 1.71. The summed E-state index contributed by atoms with van der Waals surface area (Å²) in [6.45, 7) is 2.37. The van der Waals surface area contributed by atoms with Crippen LogP contribution in [0.5, 0.6) is 5.75 Å². The SMILES string of the molecule is COc1ccc(C)cc1S(=O)(=O)Nc1ccc(NCc2ccncc2)nn1. The Morgan fingerprint density at radius 2 is 1.70 bits per heavy atom. The molecule has 0 atom stereocenters. The van der Waals surface area contributed by atoms with Crippen LogP contribution < -0.4 is 14.8 Å². The average Bonchev–Trinajstić information content (AvgIpc) is 2.68. The van der Waals surface area contributed by atoms with Crippen LogP contribution in [0.2, 0.25) is 0 Å². The van der Waals surface area contributed by atoms with Gasteiger partial charge in [-0.25, -0.2) is 8.42 Å². The minimum atomic E-state index is -3.85. The normalized spacial score (nSPS) is 11.0. The predicted molar refractivity (Wildman–Crippen MR) is 102 cm³/mol. The van der Waals surface area contributed by atoms with Gasteiger partial charge in [0.2, 0.25) is 0 Å². The van der Waals surface area contributed by atoms with E-state index in [1.54, 1.807) is 42.7 Å². The van der Waals surface area contributed by atoms with Crippen molar-refractivity contribution in [2.45, 2.75) is 18.4 Å². The smallest absolute Gasteiger partial charge is 0.266 e. The van der Waals surface area contributed by atoms with E-state index in [-0.39, 0.29) is 16.5 Å². The summed E-state index contributed by atoms with van der Waals surface area (Å²) in [5.74, 6) is 0.910. The lowest BCUT2D eigenvalue weighted by Gasteiger charge is -2.12. The molecule has 27 heavy (non-hydrogen) atoms. The van der Waals surface area contributed by atoms with Crippen LogP contribution in [-0.4, -0.2) is 30.7 Å². The first kappa shape index (κ1) is 18.6. The number of aryl methyl sites for hydroxylation is 1. The zero-order valence-corrected chi connectivity index (χ0v) is 15.7. The van der Waals surface area contributed by atoms with E-state index >= 15 is 0 Å². The average molecular weight is 385 g/mol. The van der Waals surface area contributed by atoms with E-state index in [1.807, 2.05) is 19.1 Å². The van der Waals surface area contributed by atoms with Gasteiger partial charge in [-0.3, -0.25) is 9.71 Å². The Morgan fingerprint density at radius 1 is 1.00 bits per heavy atom. The second-order valence-corrected chi connectivity index (χ2v) is 7.42. The molecule has 0 aliphatic rings. The van der Waals surface area contributed by atoms with E-state index in [0.717, 1.165) is 11.1 Å². The van der Waals surface area contributed by atoms with Crippen LogP contribution in [0.15, 0.2) is 59.8 Å². The van der Waals surface area contributed by atoms with Crippen LogP contribution in [0, 0.1) is 6.92 Å². The molecule has 3 rings (SSSR count). The molecule has 9 heteroatoms. The molecular weight excluding hydrogens is 366 g/mol. The minimum Gasteiger partial charge on any atom is -0.495 e. The molecule has 0 saturated carbocycles. The van der Waals surface area contributed by atoms with Crippen LogP contribution in [-0.2, 0) is 16.6 Å². The molecule has 0 radical (unpaired) electrons. The standard InChI is InChI=1S/C18H19N5O3S/c1-13-3-4-15(26-2)16(11-13)27(24,25)23-18-6-5-17(21-22-18)20-12-14-7-9-19-10-8-14/h3-11H,12H2,1-2H3,(H,20,21)(H,22,23). The highest BCUT2D eigenvalue weighted by atomic mass is 32.2. The summed E-state index contributed by atoms with van der Waals surface area (Å²) in [6.07, 6.45) is 3.42. The molecule has 0 saturated heterocycles. The fourth-order valence-corrected chi connectivity index (χ4v) is 3.61. The number of anilines is 2. The summed E-state index contributed by atoms with van der Waals surface area (Å²) in [5, 5.41) is 11.0. The molecular formula is C18H19N5O3S. The molecule has 2 heterocycles. The number of ether oxygens (including phenoxy) is 1. The minimum absolute atomic E-state index is 0.0479. The maximum atomic E-state index is 12.6. The van der Waals surface area contributed by atoms with Gasteiger partial charge in [-0.2, -0.15) is 0 Å². The number of hydrogen-bond donors (Lipinski definition) is 2. The predicted octanol–water partition coefficient (Wildman–Crippen LogP) is 2.60. The van der Waals surface area contributed by atoms with Crippen molar-refractivity contribution < 1.29 is 13.2 Å². The number of aromatic nitrogens is 3. The maximum absolute atomic E-state index is 12.6. The Labute approximate surface area is 157 Å². The second kappa shape index (κ2) is 8.00. The Morgan fingerprint density at radius 3 is 2.37 bits per heavy atom. The first-order chi connectivity index (χ1) is 13.0. The number of benzene rings is 1. The van der Waals surface area contributed by atoms with Crippen molar-refractivity contribution in [2.24, 2.45) is 0 Å². The lowest BCUT2D eigenvalue weighted by atomic mass is 10.2. The van der Waals surface area contributed by atoms with Gasteiger partial charge in [0.25, 0.3) is 10.0 Å². The number of hydrogen-bond acceptors (Lipinski definition) is 7. The van der Waals surface area contributed by atoms with Crippen molar-refractivity contribution in [2.75, 3.05) is 17.1 Å². The summed E-state index contributed by atoms with van der Waals surface area (Å²) < 4.78 is 32.9. The number of sulfonamides is 1. The molecule has 2 N–H and O–H groups in total. The van der Waals surface area contributed by atoms with E-state index in [9.17, 15) is 8.42 Å². The molecule has 0 unspecified atom stereocenters. The number of pyridine rings is 1. The molecule has 2 aromatic heterocycles. The molecule has 3 aromatic rings. The molecule has 0 aliphatic heterocycles.